The Hall–Kier alpha value is -2.35. The molecule has 1 aliphatic heterocycles. The molecule has 0 amide bonds. The fraction of sp³-hybridized carbons (Fsp3) is 0.375. The standard InChI is InChI=1S/C24H30N2/c1-6-7-10-19-14-13-18(4)24-20-11-8-9-12-22(20)26(16-21(19)24)23(15-25-5)17(2)3/h6-9,11-13,15,17,19H,5,10,14,16H2,1-4H3/b7-6?,23-15-. The van der Waals surface area contributed by atoms with Crippen molar-refractivity contribution in [3.05, 3.63) is 71.1 Å². The Kier molecular flexibility index (Phi) is 5.61. The second kappa shape index (κ2) is 7.90. The molecule has 0 aromatic heterocycles. The summed E-state index contributed by atoms with van der Waals surface area (Å²) in [6.45, 7) is 13.5. The van der Waals surface area contributed by atoms with Crippen LogP contribution in [0.5, 0.6) is 0 Å². The molecule has 1 heterocycles. The van der Waals surface area contributed by atoms with Crippen LogP contribution >= 0.6 is 0 Å². The van der Waals surface area contributed by atoms with Crippen molar-refractivity contribution in [2.75, 3.05) is 11.4 Å². The molecule has 2 nitrogen and oxygen atoms in total. The predicted molar refractivity (Wildman–Crippen MR) is 114 cm³/mol. The number of aliphatic imine (C=N–C) groups is 1. The van der Waals surface area contributed by atoms with Gasteiger partial charge in [-0.15, -0.1) is 0 Å². The van der Waals surface area contributed by atoms with Crippen LogP contribution in [0.3, 0.4) is 0 Å². The molecular weight excluding hydrogens is 316 g/mol. The minimum atomic E-state index is 0.393. The summed E-state index contributed by atoms with van der Waals surface area (Å²) in [5.74, 6) is 0.968. The van der Waals surface area contributed by atoms with Gasteiger partial charge in [-0.3, -0.25) is 4.99 Å². The molecule has 0 fully saturated rings. The lowest BCUT2D eigenvalue weighted by molar-refractivity contribution is 0.597. The zero-order chi connectivity index (χ0) is 18.7. The van der Waals surface area contributed by atoms with Gasteiger partial charge in [-0.1, -0.05) is 50.3 Å². The number of allylic oxidation sites excluding steroid dienone is 6. The largest absolute Gasteiger partial charge is 0.339 e. The summed E-state index contributed by atoms with van der Waals surface area (Å²) in [6.07, 6.45) is 11.1. The zero-order valence-corrected chi connectivity index (χ0v) is 16.5. The Bertz CT molecular complexity index is 803. The summed E-state index contributed by atoms with van der Waals surface area (Å²) in [5, 5.41) is 0. The highest BCUT2D eigenvalue weighted by Gasteiger charge is 2.32. The van der Waals surface area contributed by atoms with Crippen molar-refractivity contribution in [3.63, 3.8) is 0 Å². The summed E-state index contributed by atoms with van der Waals surface area (Å²) in [5.41, 5.74) is 8.32. The van der Waals surface area contributed by atoms with E-state index in [1.807, 2.05) is 6.20 Å². The zero-order valence-electron chi connectivity index (χ0n) is 16.5. The maximum Gasteiger partial charge on any atom is 0.0491 e. The van der Waals surface area contributed by atoms with Crippen LogP contribution in [0.1, 0.15) is 46.1 Å². The first kappa shape index (κ1) is 18.4. The van der Waals surface area contributed by atoms with Crippen LogP contribution in [0.2, 0.25) is 0 Å². The van der Waals surface area contributed by atoms with Crippen molar-refractivity contribution in [3.8, 4) is 0 Å². The molecule has 0 N–H and O–H groups in total. The van der Waals surface area contributed by atoms with Crippen molar-refractivity contribution in [2.24, 2.45) is 16.8 Å². The van der Waals surface area contributed by atoms with E-state index in [1.165, 1.54) is 28.1 Å². The number of anilines is 1. The summed E-state index contributed by atoms with van der Waals surface area (Å²) in [7, 11) is 0. The number of hydrogen-bond donors (Lipinski definition) is 0. The Balaban J connectivity index is 2.16. The van der Waals surface area contributed by atoms with Crippen LogP contribution in [0.4, 0.5) is 5.69 Å². The van der Waals surface area contributed by atoms with Crippen LogP contribution in [0.15, 0.2) is 70.5 Å². The molecule has 3 rings (SSSR count). The monoisotopic (exact) mass is 346 g/mol. The van der Waals surface area contributed by atoms with Crippen molar-refractivity contribution < 1.29 is 0 Å². The van der Waals surface area contributed by atoms with E-state index in [0.29, 0.717) is 11.8 Å². The molecular formula is C24H30N2. The molecule has 1 aromatic carbocycles. The topological polar surface area (TPSA) is 15.6 Å². The van der Waals surface area contributed by atoms with Crippen molar-refractivity contribution >= 4 is 18.0 Å². The minimum Gasteiger partial charge on any atom is -0.339 e. The number of para-hydroxylation sites is 1. The molecule has 0 spiro atoms. The van der Waals surface area contributed by atoms with Crippen LogP contribution in [-0.2, 0) is 0 Å². The third-order valence-corrected chi connectivity index (χ3v) is 5.49. The molecule has 1 unspecified atom stereocenters. The van der Waals surface area contributed by atoms with Gasteiger partial charge < -0.3 is 4.90 Å². The molecule has 2 heteroatoms. The van der Waals surface area contributed by atoms with Crippen LogP contribution in [-0.4, -0.2) is 13.3 Å². The molecule has 0 radical (unpaired) electrons. The van der Waals surface area contributed by atoms with Crippen LogP contribution in [0.25, 0.3) is 5.57 Å². The molecule has 2 aliphatic rings. The molecule has 26 heavy (non-hydrogen) atoms. The molecule has 1 atom stereocenters. The van der Waals surface area contributed by atoms with Crippen molar-refractivity contribution in [1.82, 2.24) is 0 Å². The highest BCUT2D eigenvalue weighted by atomic mass is 15.2. The van der Waals surface area contributed by atoms with Crippen LogP contribution in [0, 0.1) is 11.8 Å². The molecule has 0 bridgehead atoms. The first-order valence-electron chi connectivity index (χ1n) is 9.62. The summed E-state index contributed by atoms with van der Waals surface area (Å²) in [4.78, 5) is 6.55. The van der Waals surface area contributed by atoms with E-state index >= 15 is 0 Å². The van der Waals surface area contributed by atoms with Crippen molar-refractivity contribution in [1.29, 1.82) is 0 Å². The lowest BCUT2D eigenvalue weighted by Gasteiger charge is -2.41. The molecule has 1 aromatic rings. The number of nitrogens with zero attached hydrogens (tertiary/aromatic N) is 2. The van der Waals surface area contributed by atoms with Gasteiger partial charge in [0.25, 0.3) is 0 Å². The van der Waals surface area contributed by atoms with Gasteiger partial charge in [-0.25, -0.2) is 0 Å². The highest BCUT2D eigenvalue weighted by molar-refractivity contribution is 5.92. The molecule has 0 saturated carbocycles. The second-order valence-corrected chi connectivity index (χ2v) is 7.52. The molecule has 136 valence electrons. The number of hydrogen-bond acceptors (Lipinski definition) is 2. The first-order valence-corrected chi connectivity index (χ1v) is 9.62. The average Bonchev–Trinajstić information content (AvgIpc) is 2.64. The maximum absolute atomic E-state index is 4.10. The number of fused-ring (bicyclic) bond motifs is 2. The van der Waals surface area contributed by atoms with E-state index < -0.39 is 0 Å². The fourth-order valence-corrected chi connectivity index (χ4v) is 4.18. The smallest absolute Gasteiger partial charge is 0.0491 e. The quantitative estimate of drug-likeness (QED) is 0.445. The van der Waals surface area contributed by atoms with E-state index in [-0.39, 0.29) is 0 Å². The van der Waals surface area contributed by atoms with E-state index in [0.717, 1.165) is 19.4 Å². The van der Waals surface area contributed by atoms with Gasteiger partial charge in [0.05, 0.1) is 0 Å². The van der Waals surface area contributed by atoms with Gasteiger partial charge >= 0.3 is 0 Å². The van der Waals surface area contributed by atoms with E-state index in [1.54, 1.807) is 5.57 Å². The average molecular weight is 347 g/mol. The fourth-order valence-electron chi connectivity index (χ4n) is 4.18. The molecule has 1 aliphatic carbocycles. The van der Waals surface area contributed by atoms with Gasteiger partial charge in [0.15, 0.2) is 0 Å². The predicted octanol–water partition coefficient (Wildman–Crippen LogP) is 6.39. The Morgan fingerprint density at radius 3 is 2.81 bits per heavy atom. The second-order valence-electron chi connectivity index (χ2n) is 7.52. The van der Waals surface area contributed by atoms with Gasteiger partial charge in [0, 0.05) is 29.7 Å². The van der Waals surface area contributed by atoms with Crippen LogP contribution < -0.4 is 4.90 Å². The van der Waals surface area contributed by atoms with Gasteiger partial charge in [-0.2, -0.15) is 0 Å². The summed E-state index contributed by atoms with van der Waals surface area (Å²) >= 11 is 0. The molecule has 0 saturated heterocycles. The highest BCUT2D eigenvalue weighted by Crippen LogP contribution is 2.46. The SMILES string of the molecule is C=N/C=C(/C(C)C)N1CC2=C(C(C)=CCC2CC=CC)c2ccccc21. The Labute approximate surface area is 158 Å². The Morgan fingerprint density at radius 1 is 1.35 bits per heavy atom. The van der Waals surface area contributed by atoms with Gasteiger partial charge in [-0.05, 0) is 68.0 Å². The minimum absolute atomic E-state index is 0.393. The van der Waals surface area contributed by atoms with E-state index in [2.05, 4.69) is 86.8 Å². The van der Waals surface area contributed by atoms with Gasteiger partial charge in [0.2, 0.25) is 0 Å². The first-order chi connectivity index (χ1) is 12.6. The lowest BCUT2D eigenvalue weighted by Crippen LogP contribution is -2.34. The number of benzene rings is 1. The normalized spacial score (nSPS) is 20.3. The Morgan fingerprint density at radius 2 is 2.12 bits per heavy atom. The van der Waals surface area contributed by atoms with Crippen molar-refractivity contribution in [2.45, 2.75) is 40.5 Å². The summed E-state index contributed by atoms with van der Waals surface area (Å²) in [6, 6.07) is 8.79. The maximum atomic E-state index is 4.10. The summed E-state index contributed by atoms with van der Waals surface area (Å²) < 4.78 is 0. The van der Waals surface area contributed by atoms with E-state index in [4.69, 9.17) is 0 Å². The number of rotatable bonds is 5. The van der Waals surface area contributed by atoms with E-state index in [9.17, 15) is 0 Å². The van der Waals surface area contributed by atoms with Gasteiger partial charge in [0.1, 0.15) is 0 Å². The third kappa shape index (κ3) is 3.33. The third-order valence-electron chi connectivity index (χ3n) is 5.49. The lowest BCUT2D eigenvalue weighted by atomic mass is 9.76.